The molecule has 2 aliphatic rings. The molecule has 1 aromatic rings. The monoisotopic (exact) mass is 243 g/mol. The summed E-state index contributed by atoms with van der Waals surface area (Å²) in [4.78, 5) is 14.1. The lowest BCUT2D eigenvalue weighted by atomic mass is 9.92. The number of rotatable bonds is 1. The smallest absolute Gasteiger partial charge is 0.323 e. The van der Waals surface area contributed by atoms with Gasteiger partial charge in [-0.3, -0.25) is 9.69 Å². The van der Waals surface area contributed by atoms with Crippen LogP contribution in [-0.2, 0) is 9.53 Å². The molecule has 3 nitrogen and oxygen atoms in total. The molecule has 1 aromatic carbocycles. The van der Waals surface area contributed by atoms with E-state index in [1.165, 1.54) is 5.56 Å². The first-order chi connectivity index (χ1) is 8.75. The van der Waals surface area contributed by atoms with Crippen molar-refractivity contribution in [2.75, 3.05) is 13.2 Å². The summed E-state index contributed by atoms with van der Waals surface area (Å²) in [6.45, 7) is 5.37. The lowest BCUT2D eigenvalue weighted by molar-refractivity contribution is -0.164. The largest absolute Gasteiger partial charge is 0.462 e. The Hall–Kier alpha value is -1.61. The van der Waals surface area contributed by atoms with Gasteiger partial charge in [0.1, 0.15) is 12.6 Å². The van der Waals surface area contributed by atoms with Crippen molar-refractivity contribution in [3.8, 4) is 0 Å². The number of piperidine rings is 1. The maximum absolute atomic E-state index is 11.8. The average Bonchev–Trinajstić information content (AvgIpc) is 2.41. The van der Waals surface area contributed by atoms with Crippen LogP contribution in [0.5, 0.6) is 0 Å². The van der Waals surface area contributed by atoms with Crippen LogP contribution >= 0.6 is 0 Å². The van der Waals surface area contributed by atoms with E-state index in [2.05, 4.69) is 23.6 Å². The van der Waals surface area contributed by atoms with E-state index in [1.807, 2.05) is 18.2 Å². The molecule has 0 saturated carbocycles. The highest BCUT2D eigenvalue weighted by atomic mass is 16.5. The molecule has 2 aliphatic heterocycles. The van der Waals surface area contributed by atoms with Crippen molar-refractivity contribution in [2.24, 2.45) is 0 Å². The van der Waals surface area contributed by atoms with Gasteiger partial charge in [0.15, 0.2) is 0 Å². The SMILES string of the molecule is C=C1CCN2C(C1)C(=O)OC[C@H]2c1ccccc1. The summed E-state index contributed by atoms with van der Waals surface area (Å²) in [5.74, 6) is -0.0944. The minimum Gasteiger partial charge on any atom is -0.462 e. The molecule has 2 saturated heterocycles. The minimum absolute atomic E-state index is 0.0944. The van der Waals surface area contributed by atoms with Gasteiger partial charge < -0.3 is 4.74 Å². The van der Waals surface area contributed by atoms with Crippen LogP contribution in [0.2, 0.25) is 0 Å². The Labute approximate surface area is 107 Å². The van der Waals surface area contributed by atoms with E-state index in [-0.39, 0.29) is 18.1 Å². The van der Waals surface area contributed by atoms with Crippen molar-refractivity contribution < 1.29 is 9.53 Å². The first-order valence-corrected chi connectivity index (χ1v) is 6.39. The molecule has 0 aliphatic carbocycles. The van der Waals surface area contributed by atoms with E-state index in [9.17, 15) is 4.79 Å². The average molecular weight is 243 g/mol. The maximum Gasteiger partial charge on any atom is 0.323 e. The Morgan fingerprint density at radius 3 is 2.78 bits per heavy atom. The van der Waals surface area contributed by atoms with Crippen molar-refractivity contribution in [1.82, 2.24) is 4.90 Å². The van der Waals surface area contributed by atoms with Crippen molar-refractivity contribution >= 4 is 5.97 Å². The van der Waals surface area contributed by atoms with Crippen LogP contribution in [0.15, 0.2) is 42.5 Å². The third-order valence-electron chi connectivity index (χ3n) is 3.85. The molecule has 0 spiro atoms. The Balaban J connectivity index is 1.88. The zero-order valence-corrected chi connectivity index (χ0v) is 10.3. The van der Waals surface area contributed by atoms with Crippen LogP contribution in [0.3, 0.4) is 0 Å². The molecule has 0 bridgehead atoms. The summed E-state index contributed by atoms with van der Waals surface area (Å²) < 4.78 is 5.34. The molecule has 0 amide bonds. The number of esters is 1. The van der Waals surface area contributed by atoms with Crippen molar-refractivity contribution in [2.45, 2.75) is 24.9 Å². The maximum atomic E-state index is 11.8. The molecule has 18 heavy (non-hydrogen) atoms. The summed E-state index contributed by atoms with van der Waals surface area (Å²) in [7, 11) is 0. The van der Waals surface area contributed by atoms with E-state index in [0.717, 1.165) is 25.0 Å². The number of hydrogen-bond acceptors (Lipinski definition) is 3. The first kappa shape index (κ1) is 11.5. The Morgan fingerprint density at radius 2 is 2.00 bits per heavy atom. The minimum atomic E-state index is -0.134. The molecular formula is C15H17NO2. The van der Waals surface area contributed by atoms with Crippen molar-refractivity contribution in [1.29, 1.82) is 0 Å². The van der Waals surface area contributed by atoms with Gasteiger partial charge in [-0.15, -0.1) is 0 Å². The van der Waals surface area contributed by atoms with Gasteiger partial charge in [0.2, 0.25) is 0 Å². The van der Waals surface area contributed by atoms with E-state index in [4.69, 9.17) is 4.74 Å². The fraction of sp³-hybridized carbons (Fsp3) is 0.400. The molecule has 3 rings (SSSR count). The Bertz CT molecular complexity index is 469. The lowest BCUT2D eigenvalue weighted by Crippen LogP contribution is -2.53. The van der Waals surface area contributed by atoms with E-state index in [1.54, 1.807) is 0 Å². The van der Waals surface area contributed by atoms with Gasteiger partial charge in [-0.1, -0.05) is 42.5 Å². The molecule has 0 N–H and O–H groups in total. The third-order valence-corrected chi connectivity index (χ3v) is 3.85. The molecule has 2 fully saturated rings. The second-order valence-corrected chi connectivity index (χ2v) is 5.01. The van der Waals surface area contributed by atoms with Crippen molar-refractivity contribution in [3.05, 3.63) is 48.0 Å². The van der Waals surface area contributed by atoms with Gasteiger partial charge in [-0.05, 0) is 18.4 Å². The number of benzene rings is 1. The lowest BCUT2D eigenvalue weighted by Gasteiger charge is -2.43. The molecule has 1 unspecified atom stereocenters. The second kappa shape index (κ2) is 4.58. The fourth-order valence-corrected chi connectivity index (χ4v) is 2.84. The van der Waals surface area contributed by atoms with Gasteiger partial charge in [0, 0.05) is 6.54 Å². The fourth-order valence-electron chi connectivity index (χ4n) is 2.84. The normalized spacial score (nSPS) is 28.7. The molecule has 3 heteroatoms. The zero-order chi connectivity index (χ0) is 12.5. The highest BCUT2D eigenvalue weighted by molar-refractivity contribution is 5.77. The molecule has 94 valence electrons. The molecule has 2 atom stereocenters. The summed E-state index contributed by atoms with van der Waals surface area (Å²) in [5, 5.41) is 0. The van der Waals surface area contributed by atoms with Gasteiger partial charge in [-0.25, -0.2) is 0 Å². The van der Waals surface area contributed by atoms with Crippen LogP contribution in [0.25, 0.3) is 0 Å². The van der Waals surface area contributed by atoms with E-state index in [0.29, 0.717) is 6.61 Å². The number of cyclic esters (lactones) is 1. The van der Waals surface area contributed by atoms with Crippen molar-refractivity contribution in [3.63, 3.8) is 0 Å². The summed E-state index contributed by atoms with van der Waals surface area (Å²) in [5.41, 5.74) is 2.38. The number of ether oxygens (including phenoxy) is 1. The number of hydrogen-bond donors (Lipinski definition) is 0. The quantitative estimate of drug-likeness (QED) is 0.560. The van der Waals surface area contributed by atoms with Crippen LogP contribution in [0.4, 0.5) is 0 Å². The topological polar surface area (TPSA) is 29.5 Å². The number of fused-ring (bicyclic) bond motifs is 1. The summed E-state index contributed by atoms with van der Waals surface area (Å²) in [6, 6.07) is 10.3. The predicted octanol–water partition coefficient (Wildman–Crippen LogP) is 2.31. The zero-order valence-electron chi connectivity index (χ0n) is 10.3. The number of carbonyl (C=O) groups is 1. The van der Waals surface area contributed by atoms with Crippen LogP contribution < -0.4 is 0 Å². The molecule has 0 aromatic heterocycles. The standard InChI is InChI=1S/C15H17NO2/c1-11-7-8-16-13(9-11)15(17)18-10-14(16)12-5-3-2-4-6-12/h2-6,13-14H,1,7-10H2/t13?,14-/m0/s1. The highest BCUT2D eigenvalue weighted by Crippen LogP contribution is 2.34. The number of nitrogens with zero attached hydrogens (tertiary/aromatic N) is 1. The van der Waals surface area contributed by atoms with Gasteiger partial charge in [0.05, 0.1) is 6.04 Å². The van der Waals surface area contributed by atoms with Crippen LogP contribution in [0.1, 0.15) is 24.4 Å². The number of carbonyl (C=O) groups excluding carboxylic acids is 1. The third kappa shape index (κ3) is 1.95. The van der Waals surface area contributed by atoms with Gasteiger partial charge in [-0.2, -0.15) is 0 Å². The Morgan fingerprint density at radius 1 is 1.22 bits per heavy atom. The highest BCUT2D eigenvalue weighted by Gasteiger charge is 2.40. The molecule has 0 radical (unpaired) electrons. The first-order valence-electron chi connectivity index (χ1n) is 6.39. The van der Waals surface area contributed by atoms with E-state index >= 15 is 0 Å². The Kier molecular flexibility index (Phi) is 2.92. The van der Waals surface area contributed by atoms with Crippen LogP contribution in [-0.4, -0.2) is 30.1 Å². The van der Waals surface area contributed by atoms with Gasteiger partial charge in [0.25, 0.3) is 0 Å². The molecular weight excluding hydrogens is 226 g/mol. The van der Waals surface area contributed by atoms with Crippen LogP contribution in [0, 0.1) is 0 Å². The molecule has 2 heterocycles. The second-order valence-electron chi connectivity index (χ2n) is 5.01. The number of morpholine rings is 1. The summed E-state index contributed by atoms with van der Waals surface area (Å²) >= 11 is 0. The van der Waals surface area contributed by atoms with Gasteiger partial charge >= 0.3 is 5.97 Å². The van der Waals surface area contributed by atoms with E-state index < -0.39 is 0 Å². The predicted molar refractivity (Wildman–Crippen MR) is 69.0 cm³/mol. The summed E-state index contributed by atoms with van der Waals surface area (Å²) in [6.07, 6.45) is 1.72.